The lowest BCUT2D eigenvalue weighted by molar-refractivity contribution is -0.385. The molecule has 14 heteroatoms. The maximum atomic E-state index is 13.2. The molecule has 0 bridgehead atoms. The third kappa shape index (κ3) is 3.87. The van der Waals surface area contributed by atoms with Gasteiger partial charge in [-0.3, -0.25) is 20.2 Å². The number of nitro benzene ring substituents is 2. The molecule has 0 spiro atoms. The van der Waals surface area contributed by atoms with Crippen LogP contribution in [-0.2, 0) is 20.0 Å². The molecule has 0 radical (unpaired) electrons. The van der Waals surface area contributed by atoms with Gasteiger partial charge in [0.05, 0.1) is 19.6 Å². The molecule has 2 aromatic carbocycles. The quantitative estimate of drug-likeness (QED) is 0.377. The molecule has 1 heterocycles. The molecular formula is C16H11N3O8S3. The first-order valence-corrected chi connectivity index (χ1v) is 11.6. The molecular weight excluding hydrogens is 458 g/mol. The average Bonchev–Trinajstić information content (AvgIpc) is 3.21. The predicted molar refractivity (Wildman–Crippen MR) is 107 cm³/mol. The average molecular weight is 469 g/mol. The van der Waals surface area contributed by atoms with Crippen molar-refractivity contribution < 1.29 is 26.7 Å². The Bertz CT molecular complexity index is 1210. The first kappa shape index (κ1) is 21.4. The molecule has 3 aromatic rings. The molecule has 156 valence electrons. The lowest BCUT2D eigenvalue weighted by Crippen LogP contribution is -2.36. The Morgan fingerprint density at radius 1 is 0.700 bits per heavy atom. The van der Waals surface area contributed by atoms with Crippen LogP contribution in [0.4, 0.5) is 16.4 Å². The van der Waals surface area contributed by atoms with E-state index in [0.29, 0.717) is 0 Å². The molecule has 1 aromatic heterocycles. The number of nitrogens with zero attached hydrogens (tertiary/aromatic N) is 3. The van der Waals surface area contributed by atoms with Crippen molar-refractivity contribution in [2.75, 3.05) is 3.71 Å². The van der Waals surface area contributed by atoms with Crippen molar-refractivity contribution in [1.29, 1.82) is 0 Å². The molecule has 0 amide bonds. The van der Waals surface area contributed by atoms with E-state index in [4.69, 9.17) is 0 Å². The molecule has 0 N–H and O–H groups in total. The van der Waals surface area contributed by atoms with Crippen LogP contribution in [0.25, 0.3) is 0 Å². The van der Waals surface area contributed by atoms with Gasteiger partial charge >= 0.3 is 0 Å². The van der Waals surface area contributed by atoms with E-state index in [0.717, 1.165) is 59.9 Å². The Hall–Kier alpha value is -3.36. The highest BCUT2D eigenvalue weighted by Gasteiger charge is 2.38. The van der Waals surface area contributed by atoms with Gasteiger partial charge < -0.3 is 0 Å². The smallest absolute Gasteiger partial charge is 0.258 e. The van der Waals surface area contributed by atoms with Crippen LogP contribution in [0.5, 0.6) is 0 Å². The van der Waals surface area contributed by atoms with Crippen LogP contribution >= 0.6 is 11.3 Å². The van der Waals surface area contributed by atoms with Crippen molar-refractivity contribution in [3.63, 3.8) is 0 Å². The molecule has 0 unspecified atom stereocenters. The third-order valence-electron chi connectivity index (χ3n) is 3.81. The Balaban J connectivity index is 2.15. The highest BCUT2D eigenvalue weighted by molar-refractivity contribution is 8.10. The Kier molecular flexibility index (Phi) is 5.56. The molecule has 30 heavy (non-hydrogen) atoms. The van der Waals surface area contributed by atoms with Gasteiger partial charge in [0.25, 0.3) is 31.4 Å². The number of thiophene rings is 1. The van der Waals surface area contributed by atoms with Gasteiger partial charge in [-0.1, -0.05) is 0 Å². The third-order valence-corrected chi connectivity index (χ3v) is 9.08. The second-order valence-electron chi connectivity index (χ2n) is 5.66. The van der Waals surface area contributed by atoms with Crippen LogP contribution < -0.4 is 3.71 Å². The van der Waals surface area contributed by atoms with Crippen LogP contribution in [0.1, 0.15) is 0 Å². The zero-order chi connectivity index (χ0) is 22.1. The standard InChI is InChI=1S/C16H11N3O8S3/c20-17(21)12-3-7-14(8-4-12)29(24,25)19(16-2-1-11-28-16)30(26,27)15-9-5-13(6-10-15)18(22)23/h1-11H. The molecule has 0 aliphatic heterocycles. The van der Waals surface area contributed by atoms with Gasteiger partial charge in [-0.15, -0.1) is 15.0 Å². The van der Waals surface area contributed by atoms with Gasteiger partial charge in [0, 0.05) is 24.3 Å². The minimum atomic E-state index is -4.70. The summed E-state index contributed by atoms with van der Waals surface area (Å²) >= 11 is 0.841. The van der Waals surface area contributed by atoms with Gasteiger partial charge in [-0.25, -0.2) is 0 Å². The highest BCUT2D eigenvalue weighted by atomic mass is 32.3. The van der Waals surface area contributed by atoms with Crippen LogP contribution in [0, 0.1) is 20.2 Å². The van der Waals surface area contributed by atoms with E-state index >= 15 is 0 Å². The summed E-state index contributed by atoms with van der Waals surface area (Å²) in [5.74, 6) is 0. The summed E-state index contributed by atoms with van der Waals surface area (Å²) in [7, 11) is -9.40. The van der Waals surface area contributed by atoms with E-state index in [1.54, 1.807) is 0 Å². The second kappa shape index (κ2) is 7.81. The predicted octanol–water partition coefficient (Wildman–Crippen LogP) is 3.15. The molecule has 0 aliphatic rings. The van der Waals surface area contributed by atoms with Crippen molar-refractivity contribution in [1.82, 2.24) is 0 Å². The summed E-state index contributed by atoms with van der Waals surface area (Å²) < 4.78 is 52.9. The van der Waals surface area contributed by atoms with Crippen molar-refractivity contribution in [2.45, 2.75) is 9.79 Å². The lowest BCUT2D eigenvalue weighted by atomic mass is 10.3. The van der Waals surface area contributed by atoms with E-state index in [2.05, 4.69) is 0 Å². The van der Waals surface area contributed by atoms with E-state index in [9.17, 15) is 37.1 Å². The number of sulfonamides is 2. The molecule has 0 atom stereocenters. The fourth-order valence-electron chi connectivity index (χ4n) is 2.41. The van der Waals surface area contributed by atoms with E-state index < -0.39 is 39.7 Å². The molecule has 0 fully saturated rings. The summed E-state index contributed by atoms with van der Waals surface area (Å²) in [4.78, 5) is 19.2. The molecule has 0 saturated carbocycles. The van der Waals surface area contributed by atoms with E-state index in [1.165, 1.54) is 17.5 Å². The van der Waals surface area contributed by atoms with Crippen molar-refractivity contribution >= 4 is 47.8 Å². The Morgan fingerprint density at radius 3 is 1.40 bits per heavy atom. The first-order valence-electron chi connectivity index (χ1n) is 7.88. The van der Waals surface area contributed by atoms with Gasteiger partial charge in [-0.2, -0.15) is 16.8 Å². The lowest BCUT2D eigenvalue weighted by Gasteiger charge is -2.22. The summed E-state index contributed by atoms with van der Waals surface area (Å²) in [5.41, 5.74) is -0.732. The van der Waals surface area contributed by atoms with Crippen LogP contribution in [0.15, 0.2) is 75.8 Å². The Labute approximate surface area is 174 Å². The van der Waals surface area contributed by atoms with Crippen LogP contribution in [0.3, 0.4) is 0 Å². The molecule has 3 rings (SSSR count). The minimum Gasteiger partial charge on any atom is -0.258 e. The summed E-state index contributed by atoms with van der Waals surface area (Å²) in [5, 5.41) is 22.9. The summed E-state index contributed by atoms with van der Waals surface area (Å²) in [6, 6.07) is 10.2. The van der Waals surface area contributed by atoms with Crippen LogP contribution in [0.2, 0.25) is 0 Å². The number of non-ortho nitro benzene ring substituents is 2. The number of nitro groups is 2. The van der Waals surface area contributed by atoms with Crippen molar-refractivity contribution in [2.24, 2.45) is 0 Å². The van der Waals surface area contributed by atoms with Gasteiger partial charge in [0.1, 0.15) is 5.00 Å². The largest absolute Gasteiger partial charge is 0.278 e. The number of hydrogen-bond donors (Lipinski definition) is 0. The maximum Gasteiger partial charge on any atom is 0.278 e. The SMILES string of the molecule is O=[N+]([O-])c1ccc(S(=O)(=O)N(c2cccs2)S(=O)(=O)c2ccc([N+](=O)[O-])cc2)cc1. The fraction of sp³-hybridized carbons (Fsp3) is 0. The normalized spacial score (nSPS) is 11.7. The van der Waals surface area contributed by atoms with Crippen molar-refractivity contribution in [3.8, 4) is 0 Å². The number of anilines is 1. The highest BCUT2D eigenvalue weighted by Crippen LogP contribution is 2.34. The maximum absolute atomic E-state index is 13.2. The first-order chi connectivity index (χ1) is 14.0. The molecule has 0 saturated heterocycles. The van der Waals surface area contributed by atoms with E-state index in [-0.39, 0.29) is 20.1 Å². The Morgan fingerprint density at radius 2 is 1.10 bits per heavy atom. The van der Waals surface area contributed by atoms with E-state index in [1.807, 2.05) is 0 Å². The number of rotatable bonds is 7. The van der Waals surface area contributed by atoms with Crippen molar-refractivity contribution in [3.05, 3.63) is 86.3 Å². The van der Waals surface area contributed by atoms with Gasteiger partial charge in [-0.05, 0) is 41.8 Å². The number of benzene rings is 2. The monoisotopic (exact) mass is 469 g/mol. The van der Waals surface area contributed by atoms with Gasteiger partial charge in [0.2, 0.25) is 0 Å². The molecule has 11 nitrogen and oxygen atoms in total. The second-order valence-corrected chi connectivity index (χ2v) is 10.4. The zero-order valence-corrected chi connectivity index (χ0v) is 17.1. The number of hydrogen-bond acceptors (Lipinski definition) is 9. The zero-order valence-electron chi connectivity index (χ0n) is 14.7. The fourth-order valence-corrected chi connectivity index (χ4v) is 7.29. The minimum absolute atomic E-state index is 0.147. The van der Waals surface area contributed by atoms with Gasteiger partial charge in [0.15, 0.2) is 0 Å². The summed E-state index contributed by atoms with van der Waals surface area (Å²) in [6.45, 7) is 0. The summed E-state index contributed by atoms with van der Waals surface area (Å²) in [6.07, 6.45) is 0. The molecule has 0 aliphatic carbocycles. The topological polar surface area (TPSA) is 158 Å². The van der Waals surface area contributed by atoms with Crippen LogP contribution in [-0.4, -0.2) is 26.7 Å².